The highest BCUT2D eigenvalue weighted by molar-refractivity contribution is 5.89. The number of amides is 2. The fraction of sp³-hybridized carbons (Fsp3) is 0.481. The number of fused-ring (bicyclic) bond motifs is 1. The molecule has 2 fully saturated rings. The molecular formula is C27H33N5O3. The minimum atomic E-state index is -0.701. The highest BCUT2D eigenvalue weighted by Gasteiger charge is 2.41. The van der Waals surface area contributed by atoms with Crippen molar-refractivity contribution in [2.24, 2.45) is 0 Å². The molecule has 1 aliphatic heterocycles. The molecule has 8 nitrogen and oxygen atoms in total. The summed E-state index contributed by atoms with van der Waals surface area (Å²) in [5.41, 5.74) is 3.57. The molecule has 0 unspecified atom stereocenters. The summed E-state index contributed by atoms with van der Waals surface area (Å²) < 4.78 is 7.32. The molecule has 5 rings (SSSR count). The molecule has 1 saturated carbocycles. The standard InChI is InChI=1S/C27H33N5O3/c1-18(2)19-9-11-20(12-10-19)26(27(34)28-16-22-6-5-15-35-22)32(21-13-14-21)25(33)17-31-24-8-4-3-7-23(24)29-30-31/h3-4,7-12,18,21-22,26H,5-6,13-17H2,1-2H3,(H,28,34)/t22-,26-/m0/s1. The third kappa shape index (κ3) is 5.22. The second-order valence-corrected chi connectivity index (χ2v) is 9.87. The highest BCUT2D eigenvalue weighted by Crippen LogP contribution is 2.36. The predicted octanol–water partition coefficient (Wildman–Crippen LogP) is 3.58. The molecule has 1 aromatic heterocycles. The van der Waals surface area contributed by atoms with E-state index in [4.69, 9.17) is 4.74 Å². The van der Waals surface area contributed by atoms with Gasteiger partial charge in [0.25, 0.3) is 0 Å². The van der Waals surface area contributed by atoms with Crippen LogP contribution in [0.5, 0.6) is 0 Å². The monoisotopic (exact) mass is 475 g/mol. The molecule has 1 aliphatic carbocycles. The number of benzene rings is 2. The summed E-state index contributed by atoms with van der Waals surface area (Å²) in [7, 11) is 0. The third-order valence-corrected chi connectivity index (χ3v) is 6.91. The Hall–Kier alpha value is -3.26. The van der Waals surface area contributed by atoms with Crippen LogP contribution in [0.3, 0.4) is 0 Å². The highest BCUT2D eigenvalue weighted by atomic mass is 16.5. The first-order valence-electron chi connectivity index (χ1n) is 12.6. The molecule has 3 aromatic rings. The van der Waals surface area contributed by atoms with Crippen LogP contribution in [0.25, 0.3) is 11.0 Å². The Bertz CT molecular complexity index is 1180. The van der Waals surface area contributed by atoms with E-state index in [0.717, 1.165) is 48.9 Å². The summed E-state index contributed by atoms with van der Waals surface area (Å²) >= 11 is 0. The normalized spacial score (nSPS) is 18.7. The number of nitrogens with zero attached hydrogens (tertiary/aromatic N) is 4. The number of hydrogen-bond donors (Lipinski definition) is 1. The van der Waals surface area contributed by atoms with Crippen molar-refractivity contribution in [2.75, 3.05) is 13.2 Å². The topological polar surface area (TPSA) is 89.4 Å². The van der Waals surface area contributed by atoms with Crippen LogP contribution in [-0.4, -0.2) is 57.0 Å². The number of para-hydroxylation sites is 1. The first kappa shape index (κ1) is 23.5. The van der Waals surface area contributed by atoms with Gasteiger partial charge in [-0.2, -0.15) is 0 Å². The molecule has 2 atom stereocenters. The number of aromatic nitrogens is 3. The van der Waals surface area contributed by atoms with Crippen LogP contribution in [0.4, 0.5) is 0 Å². The maximum atomic E-state index is 13.7. The fourth-order valence-electron chi connectivity index (χ4n) is 4.77. The van der Waals surface area contributed by atoms with Gasteiger partial charge in [0.1, 0.15) is 18.1 Å². The van der Waals surface area contributed by atoms with E-state index in [1.165, 1.54) is 5.56 Å². The summed E-state index contributed by atoms with van der Waals surface area (Å²) in [6.45, 7) is 5.52. The van der Waals surface area contributed by atoms with Gasteiger partial charge in [-0.05, 0) is 54.9 Å². The SMILES string of the molecule is CC(C)c1ccc([C@@H](C(=O)NC[C@@H]2CCCO2)N(C(=O)Cn2nnc3ccccc32)C2CC2)cc1. The molecule has 0 radical (unpaired) electrons. The van der Waals surface area contributed by atoms with E-state index in [0.29, 0.717) is 12.5 Å². The Morgan fingerprint density at radius 3 is 2.51 bits per heavy atom. The second-order valence-electron chi connectivity index (χ2n) is 9.87. The Labute approximate surface area is 205 Å². The number of ether oxygens (including phenoxy) is 1. The number of carbonyl (C=O) groups excluding carboxylic acids is 2. The molecule has 2 aromatic carbocycles. The van der Waals surface area contributed by atoms with Gasteiger partial charge in [-0.3, -0.25) is 9.59 Å². The van der Waals surface area contributed by atoms with Gasteiger partial charge in [-0.1, -0.05) is 55.5 Å². The van der Waals surface area contributed by atoms with Crippen molar-refractivity contribution < 1.29 is 14.3 Å². The van der Waals surface area contributed by atoms with Gasteiger partial charge in [0.05, 0.1) is 11.6 Å². The van der Waals surface area contributed by atoms with E-state index in [2.05, 4.69) is 41.6 Å². The Morgan fingerprint density at radius 1 is 1.09 bits per heavy atom. The Kier molecular flexibility index (Phi) is 6.81. The van der Waals surface area contributed by atoms with Crippen LogP contribution >= 0.6 is 0 Å². The summed E-state index contributed by atoms with van der Waals surface area (Å²) in [6.07, 6.45) is 3.78. The summed E-state index contributed by atoms with van der Waals surface area (Å²) in [6, 6.07) is 15.0. The summed E-state index contributed by atoms with van der Waals surface area (Å²) in [5.74, 6) is 0.0902. The largest absolute Gasteiger partial charge is 0.376 e. The van der Waals surface area contributed by atoms with E-state index < -0.39 is 6.04 Å². The zero-order valence-electron chi connectivity index (χ0n) is 20.4. The lowest BCUT2D eigenvalue weighted by Gasteiger charge is -2.32. The van der Waals surface area contributed by atoms with Crippen molar-refractivity contribution in [3.63, 3.8) is 0 Å². The first-order chi connectivity index (χ1) is 17.0. The number of hydrogen-bond acceptors (Lipinski definition) is 5. The fourth-order valence-corrected chi connectivity index (χ4v) is 4.77. The molecule has 1 N–H and O–H groups in total. The molecule has 2 amide bonds. The van der Waals surface area contributed by atoms with Gasteiger partial charge in [0, 0.05) is 19.2 Å². The minimum absolute atomic E-state index is 0.0366. The van der Waals surface area contributed by atoms with Crippen molar-refractivity contribution in [3.8, 4) is 0 Å². The number of rotatable bonds is 9. The zero-order chi connectivity index (χ0) is 24.4. The Morgan fingerprint density at radius 2 is 1.83 bits per heavy atom. The maximum Gasteiger partial charge on any atom is 0.247 e. The average molecular weight is 476 g/mol. The summed E-state index contributed by atoms with van der Waals surface area (Å²) in [4.78, 5) is 29.1. The molecular weight excluding hydrogens is 442 g/mol. The second kappa shape index (κ2) is 10.2. The van der Waals surface area contributed by atoms with Gasteiger partial charge in [-0.15, -0.1) is 5.10 Å². The summed E-state index contributed by atoms with van der Waals surface area (Å²) in [5, 5.41) is 11.4. The smallest absolute Gasteiger partial charge is 0.247 e. The van der Waals surface area contributed by atoms with Gasteiger partial charge >= 0.3 is 0 Å². The molecule has 35 heavy (non-hydrogen) atoms. The van der Waals surface area contributed by atoms with E-state index in [1.54, 1.807) is 9.58 Å². The van der Waals surface area contributed by atoms with E-state index >= 15 is 0 Å². The van der Waals surface area contributed by atoms with Crippen molar-refractivity contribution >= 4 is 22.8 Å². The lowest BCUT2D eigenvalue weighted by atomic mass is 9.97. The average Bonchev–Trinajstić information content (AvgIpc) is 3.40. The minimum Gasteiger partial charge on any atom is -0.376 e. The van der Waals surface area contributed by atoms with E-state index in [-0.39, 0.29) is 30.5 Å². The van der Waals surface area contributed by atoms with Gasteiger partial charge in [0.15, 0.2) is 0 Å². The lowest BCUT2D eigenvalue weighted by molar-refractivity contribution is -0.142. The number of nitrogens with one attached hydrogen (secondary N) is 1. The molecule has 0 spiro atoms. The molecule has 1 saturated heterocycles. The van der Waals surface area contributed by atoms with Crippen molar-refractivity contribution in [3.05, 3.63) is 59.7 Å². The molecule has 0 bridgehead atoms. The van der Waals surface area contributed by atoms with Gasteiger partial charge in [-0.25, -0.2) is 4.68 Å². The molecule has 8 heteroatoms. The molecule has 184 valence electrons. The lowest BCUT2D eigenvalue weighted by Crippen LogP contribution is -2.47. The first-order valence-corrected chi connectivity index (χ1v) is 12.6. The Balaban J connectivity index is 1.43. The quantitative estimate of drug-likeness (QED) is 0.511. The zero-order valence-corrected chi connectivity index (χ0v) is 20.4. The van der Waals surface area contributed by atoms with Crippen molar-refractivity contribution in [1.29, 1.82) is 0 Å². The van der Waals surface area contributed by atoms with Crippen LogP contribution in [-0.2, 0) is 20.9 Å². The van der Waals surface area contributed by atoms with Gasteiger partial charge in [0.2, 0.25) is 11.8 Å². The van der Waals surface area contributed by atoms with Crippen LogP contribution in [0.1, 0.15) is 62.6 Å². The van der Waals surface area contributed by atoms with Crippen LogP contribution in [0.15, 0.2) is 48.5 Å². The van der Waals surface area contributed by atoms with E-state index in [9.17, 15) is 9.59 Å². The van der Waals surface area contributed by atoms with Gasteiger partial charge < -0.3 is 15.0 Å². The predicted molar refractivity (Wildman–Crippen MR) is 133 cm³/mol. The van der Waals surface area contributed by atoms with Crippen LogP contribution in [0.2, 0.25) is 0 Å². The molecule has 2 heterocycles. The van der Waals surface area contributed by atoms with Crippen LogP contribution in [0, 0.1) is 0 Å². The van der Waals surface area contributed by atoms with Crippen molar-refractivity contribution in [2.45, 2.75) is 70.2 Å². The third-order valence-electron chi connectivity index (χ3n) is 6.91. The molecule has 2 aliphatic rings. The maximum absolute atomic E-state index is 13.7. The van der Waals surface area contributed by atoms with Crippen LogP contribution < -0.4 is 5.32 Å². The van der Waals surface area contributed by atoms with E-state index in [1.807, 2.05) is 36.4 Å². The number of carbonyl (C=O) groups is 2. The van der Waals surface area contributed by atoms with Crippen molar-refractivity contribution in [1.82, 2.24) is 25.2 Å².